The van der Waals surface area contributed by atoms with Crippen LogP contribution in [0.1, 0.15) is 26.0 Å². The van der Waals surface area contributed by atoms with Gasteiger partial charge < -0.3 is 9.52 Å². The van der Waals surface area contributed by atoms with Gasteiger partial charge in [0.2, 0.25) is 0 Å². The molecule has 126 valence electrons. The van der Waals surface area contributed by atoms with Gasteiger partial charge in [-0.05, 0) is 36.6 Å². The fraction of sp³-hybridized carbons (Fsp3) is 0.333. The van der Waals surface area contributed by atoms with Crippen molar-refractivity contribution in [3.05, 3.63) is 42.2 Å². The van der Waals surface area contributed by atoms with Gasteiger partial charge in [0.1, 0.15) is 11.8 Å². The number of thiazole rings is 1. The van der Waals surface area contributed by atoms with E-state index in [1.54, 1.807) is 11.3 Å². The molecular formula is C18H20N2O3S. The Morgan fingerprint density at radius 3 is 2.79 bits per heavy atom. The molecule has 0 radical (unpaired) electrons. The maximum absolute atomic E-state index is 11.3. The predicted octanol–water partition coefficient (Wildman–Crippen LogP) is 4.15. The molecule has 3 rings (SSSR count). The summed E-state index contributed by atoms with van der Waals surface area (Å²) < 4.78 is 6.94. The van der Waals surface area contributed by atoms with E-state index in [-0.39, 0.29) is 0 Å². The molecule has 0 aliphatic rings. The van der Waals surface area contributed by atoms with Crippen molar-refractivity contribution in [2.24, 2.45) is 5.92 Å². The van der Waals surface area contributed by atoms with Crippen LogP contribution in [0.5, 0.6) is 0 Å². The molecule has 6 heteroatoms. The molecule has 0 aliphatic carbocycles. The van der Waals surface area contributed by atoms with E-state index in [0.717, 1.165) is 15.2 Å². The van der Waals surface area contributed by atoms with Gasteiger partial charge >= 0.3 is 5.97 Å². The van der Waals surface area contributed by atoms with Gasteiger partial charge in [0.25, 0.3) is 0 Å². The van der Waals surface area contributed by atoms with E-state index in [2.05, 4.69) is 10.3 Å². The average molecular weight is 344 g/mol. The van der Waals surface area contributed by atoms with E-state index in [4.69, 9.17) is 4.42 Å². The number of rotatable bonds is 7. The number of carbonyl (C=O) groups is 1. The van der Waals surface area contributed by atoms with Crippen LogP contribution in [-0.4, -0.2) is 22.1 Å². The number of benzene rings is 1. The van der Waals surface area contributed by atoms with Crippen LogP contribution in [0.25, 0.3) is 21.0 Å². The average Bonchev–Trinajstić information content (AvgIpc) is 3.17. The summed E-state index contributed by atoms with van der Waals surface area (Å²) in [4.78, 5) is 15.9. The van der Waals surface area contributed by atoms with Crippen LogP contribution in [-0.2, 0) is 11.3 Å². The predicted molar refractivity (Wildman–Crippen MR) is 95.0 cm³/mol. The van der Waals surface area contributed by atoms with Gasteiger partial charge in [-0.2, -0.15) is 0 Å². The Morgan fingerprint density at radius 2 is 2.08 bits per heavy atom. The van der Waals surface area contributed by atoms with Crippen LogP contribution < -0.4 is 5.32 Å². The van der Waals surface area contributed by atoms with Crippen LogP contribution in [0.3, 0.4) is 0 Å². The quantitative estimate of drug-likeness (QED) is 0.673. The number of hydrogen-bond donors (Lipinski definition) is 2. The summed E-state index contributed by atoms with van der Waals surface area (Å²) in [6, 6.07) is 11.1. The fourth-order valence-electron chi connectivity index (χ4n) is 2.53. The molecule has 2 heterocycles. The SMILES string of the molecule is CC(C)C[C@@H](NCc1ccc(-c2nc3ccccc3s2)o1)C(=O)O. The van der Waals surface area contributed by atoms with Crippen molar-refractivity contribution in [1.82, 2.24) is 10.3 Å². The molecule has 1 aromatic carbocycles. The summed E-state index contributed by atoms with van der Waals surface area (Å²) in [5.41, 5.74) is 0.955. The van der Waals surface area contributed by atoms with Crippen LogP contribution >= 0.6 is 11.3 Å². The van der Waals surface area contributed by atoms with Gasteiger partial charge in [0.15, 0.2) is 10.8 Å². The molecule has 0 aliphatic heterocycles. The number of furan rings is 1. The Morgan fingerprint density at radius 1 is 1.29 bits per heavy atom. The third kappa shape index (κ3) is 3.83. The Balaban J connectivity index is 1.70. The normalized spacial score (nSPS) is 12.8. The molecule has 2 N–H and O–H groups in total. The highest BCUT2D eigenvalue weighted by Gasteiger charge is 2.19. The maximum Gasteiger partial charge on any atom is 0.320 e. The minimum atomic E-state index is -0.832. The second-order valence-electron chi connectivity index (χ2n) is 6.15. The zero-order valence-corrected chi connectivity index (χ0v) is 14.5. The molecule has 0 saturated carbocycles. The lowest BCUT2D eigenvalue weighted by molar-refractivity contribution is -0.140. The minimum absolute atomic E-state index is 0.313. The maximum atomic E-state index is 11.3. The summed E-state index contributed by atoms with van der Waals surface area (Å²) in [6.45, 7) is 4.40. The first kappa shape index (κ1) is 16.7. The van der Waals surface area contributed by atoms with Gasteiger partial charge in [-0.1, -0.05) is 26.0 Å². The molecule has 0 spiro atoms. The Labute approximate surface area is 144 Å². The third-order valence-electron chi connectivity index (χ3n) is 3.69. The number of nitrogens with one attached hydrogen (secondary N) is 1. The second kappa shape index (κ2) is 7.15. The summed E-state index contributed by atoms with van der Waals surface area (Å²) in [6.07, 6.45) is 0.584. The molecule has 1 atom stereocenters. The van der Waals surface area contributed by atoms with Crippen LogP contribution in [0.4, 0.5) is 0 Å². The minimum Gasteiger partial charge on any atom is -0.480 e. The van der Waals surface area contributed by atoms with Crippen molar-refractivity contribution in [3.8, 4) is 10.8 Å². The van der Waals surface area contributed by atoms with Crippen LogP contribution in [0.2, 0.25) is 0 Å². The molecule has 0 fully saturated rings. The van der Waals surface area contributed by atoms with Crippen molar-refractivity contribution in [3.63, 3.8) is 0 Å². The first-order valence-electron chi connectivity index (χ1n) is 7.94. The molecular weight excluding hydrogens is 324 g/mol. The van der Waals surface area contributed by atoms with Crippen molar-refractivity contribution in [2.75, 3.05) is 0 Å². The lowest BCUT2D eigenvalue weighted by atomic mass is 10.0. The number of aliphatic carboxylic acids is 1. The van der Waals surface area contributed by atoms with Gasteiger partial charge in [-0.3, -0.25) is 10.1 Å². The fourth-order valence-corrected chi connectivity index (χ4v) is 3.46. The number of aromatic nitrogens is 1. The lowest BCUT2D eigenvalue weighted by Gasteiger charge is -2.15. The standard InChI is InChI=1S/C18H20N2O3S/c1-11(2)9-14(18(21)22)19-10-12-7-8-15(23-12)17-20-13-5-3-4-6-16(13)24-17/h3-8,11,14,19H,9-10H2,1-2H3,(H,21,22)/t14-/m1/s1. The van der Waals surface area contributed by atoms with Gasteiger partial charge in [0, 0.05) is 0 Å². The molecule has 0 saturated heterocycles. The molecule has 0 bridgehead atoms. The highest BCUT2D eigenvalue weighted by atomic mass is 32.1. The van der Waals surface area contributed by atoms with Crippen molar-refractivity contribution < 1.29 is 14.3 Å². The van der Waals surface area contributed by atoms with E-state index < -0.39 is 12.0 Å². The number of hydrogen-bond acceptors (Lipinski definition) is 5. The van der Waals surface area contributed by atoms with Crippen molar-refractivity contribution in [1.29, 1.82) is 0 Å². The third-order valence-corrected chi connectivity index (χ3v) is 4.75. The van der Waals surface area contributed by atoms with Crippen molar-refractivity contribution in [2.45, 2.75) is 32.9 Å². The van der Waals surface area contributed by atoms with Gasteiger partial charge in [0.05, 0.1) is 16.8 Å². The Hall–Kier alpha value is -2.18. The molecule has 2 aromatic heterocycles. The molecule has 0 unspecified atom stereocenters. The number of fused-ring (bicyclic) bond motifs is 1. The second-order valence-corrected chi connectivity index (χ2v) is 7.18. The highest BCUT2D eigenvalue weighted by Crippen LogP contribution is 2.31. The monoisotopic (exact) mass is 344 g/mol. The van der Waals surface area contributed by atoms with E-state index in [1.807, 2.05) is 50.2 Å². The largest absolute Gasteiger partial charge is 0.480 e. The summed E-state index contributed by atoms with van der Waals surface area (Å²) in [5.74, 6) is 0.901. The van der Waals surface area contributed by atoms with E-state index >= 15 is 0 Å². The number of para-hydroxylation sites is 1. The van der Waals surface area contributed by atoms with E-state index in [9.17, 15) is 9.90 Å². The highest BCUT2D eigenvalue weighted by molar-refractivity contribution is 7.21. The first-order valence-corrected chi connectivity index (χ1v) is 8.75. The topological polar surface area (TPSA) is 75.4 Å². The van der Waals surface area contributed by atoms with E-state index in [0.29, 0.717) is 30.4 Å². The van der Waals surface area contributed by atoms with Gasteiger partial charge in [-0.15, -0.1) is 11.3 Å². The summed E-state index contributed by atoms with van der Waals surface area (Å²) >= 11 is 1.58. The first-order chi connectivity index (χ1) is 11.5. The van der Waals surface area contributed by atoms with Crippen LogP contribution in [0.15, 0.2) is 40.8 Å². The molecule has 5 nitrogen and oxygen atoms in total. The number of nitrogens with zero attached hydrogens (tertiary/aromatic N) is 1. The molecule has 3 aromatic rings. The van der Waals surface area contributed by atoms with Crippen LogP contribution in [0, 0.1) is 5.92 Å². The number of carboxylic acid groups (broad SMARTS) is 1. The summed E-state index contributed by atoms with van der Waals surface area (Å²) in [5, 5.41) is 13.1. The van der Waals surface area contributed by atoms with E-state index in [1.165, 1.54) is 0 Å². The number of carboxylic acids is 1. The Kier molecular flexibility index (Phi) is 4.97. The van der Waals surface area contributed by atoms with Gasteiger partial charge in [-0.25, -0.2) is 4.98 Å². The molecule has 24 heavy (non-hydrogen) atoms. The Bertz CT molecular complexity index is 805. The lowest BCUT2D eigenvalue weighted by Crippen LogP contribution is -2.37. The zero-order chi connectivity index (χ0) is 17.1. The molecule has 0 amide bonds. The summed E-state index contributed by atoms with van der Waals surface area (Å²) in [7, 11) is 0. The smallest absolute Gasteiger partial charge is 0.320 e. The van der Waals surface area contributed by atoms with Crippen molar-refractivity contribution >= 4 is 27.5 Å². The zero-order valence-electron chi connectivity index (χ0n) is 13.7.